The van der Waals surface area contributed by atoms with Crippen molar-refractivity contribution in [1.29, 1.82) is 0 Å². The summed E-state index contributed by atoms with van der Waals surface area (Å²) in [5.41, 5.74) is 6.02. The Morgan fingerprint density at radius 3 is 2.64 bits per heavy atom. The van der Waals surface area contributed by atoms with Gasteiger partial charge >= 0.3 is 6.36 Å². The summed E-state index contributed by atoms with van der Waals surface area (Å²) in [7, 11) is 0. The summed E-state index contributed by atoms with van der Waals surface area (Å²) in [5.74, 6) is -0.493. The molecule has 0 aromatic carbocycles. The molecular formula is C8H9F3N2O. The fourth-order valence-electron chi connectivity index (χ4n) is 0.882. The monoisotopic (exact) mass is 206 g/mol. The Hall–Kier alpha value is -1.30. The second-order valence-electron chi connectivity index (χ2n) is 2.76. The van der Waals surface area contributed by atoms with Crippen molar-refractivity contribution in [3.05, 3.63) is 23.9 Å². The average Bonchev–Trinajstić information content (AvgIpc) is 2.01. The highest BCUT2D eigenvalue weighted by Gasteiger charge is 2.31. The topological polar surface area (TPSA) is 48.1 Å². The maximum Gasteiger partial charge on any atom is 0.574 e. The molecule has 1 heterocycles. The van der Waals surface area contributed by atoms with Gasteiger partial charge in [0.1, 0.15) is 0 Å². The highest BCUT2D eigenvalue weighted by Crippen LogP contribution is 2.22. The van der Waals surface area contributed by atoms with Crippen molar-refractivity contribution in [3.8, 4) is 5.88 Å². The van der Waals surface area contributed by atoms with Crippen LogP contribution in [0.25, 0.3) is 0 Å². The van der Waals surface area contributed by atoms with E-state index in [2.05, 4.69) is 9.72 Å². The fourth-order valence-corrected chi connectivity index (χ4v) is 0.882. The molecule has 0 bridgehead atoms. The SMILES string of the molecule is CC(N)c1ccnc(OC(F)(F)F)c1. The Bertz CT molecular complexity index is 312. The van der Waals surface area contributed by atoms with Crippen LogP contribution in [0.3, 0.4) is 0 Å². The second kappa shape index (κ2) is 3.83. The van der Waals surface area contributed by atoms with Crippen molar-refractivity contribution in [2.24, 2.45) is 5.73 Å². The van der Waals surface area contributed by atoms with Crippen molar-refractivity contribution in [2.75, 3.05) is 0 Å². The first-order valence-corrected chi connectivity index (χ1v) is 3.86. The first kappa shape index (κ1) is 10.8. The number of rotatable bonds is 2. The Kier molecular flexibility index (Phi) is 2.95. The molecule has 1 unspecified atom stereocenters. The zero-order valence-corrected chi connectivity index (χ0v) is 7.38. The van der Waals surface area contributed by atoms with Gasteiger partial charge in [0, 0.05) is 18.3 Å². The van der Waals surface area contributed by atoms with Gasteiger partial charge in [0.25, 0.3) is 0 Å². The van der Waals surface area contributed by atoms with Crippen LogP contribution in [0.2, 0.25) is 0 Å². The van der Waals surface area contributed by atoms with E-state index in [0.29, 0.717) is 5.56 Å². The standard InChI is InChI=1S/C8H9F3N2O/c1-5(12)6-2-3-13-7(4-6)14-8(9,10)11/h2-5H,12H2,1H3. The van der Waals surface area contributed by atoms with E-state index in [1.54, 1.807) is 6.92 Å². The lowest BCUT2D eigenvalue weighted by Crippen LogP contribution is -2.18. The molecule has 0 saturated heterocycles. The van der Waals surface area contributed by atoms with Crippen LogP contribution in [0.1, 0.15) is 18.5 Å². The molecule has 0 saturated carbocycles. The largest absolute Gasteiger partial charge is 0.574 e. The van der Waals surface area contributed by atoms with Crippen LogP contribution in [0.4, 0.5) is 13.2 Å². The summed E-state index contributed by atoms with van der Waals surface area (Å²) < 4.78 is 39.0. The van der Waals surface area contributed by atoms with Gasteiger partial charge in [-0.1, -0.05) is 0 Å². The van der Waals surface area contributed by atoms with Crippen molar-refractivity contribution in [3.63, 3.8) is 0 Å². The van der Waals surface area contributed by atoms with E-state index >= 15 is 0 Å². The van der Waals surface area contributed by atoms with Crippen LogP contribution >= 0.6 is 0 Å². The molecule has 0 aliphatic rings. The lowest BCUT2D eigenvalue weighted by Gasteiger charge is -2.10. The van der Waals surface area contributed by atoms with Crippen LogP contribution < -0.4 is 10.5 Å². The average molecular weight is 206 g/mol. The van der Waals surface area contributed by atoms with Gasteiger partial charge in [0.2, 0.25) is 5.88 Å². The lowest BCUT2D eigenvalue weighted by atomic mass is 10.1. The van der Waals surface area contributed by atoms with Crippen LogP contribution in [0.15, 0.2) is 18.3 Å². The molecule has 1 aromatic rings. The highest BCUT2D eigenvalue weighted by molar-refractivity contribution is 5.22. The molecule has 1 rings (SSSR count). The summed E-state index contributed by atoms with van der Waals surface area (Å²) in [6.45, 7) is 1.66. The van der Waals surface area contributed by atoms with E-state index in [9.17, 15) is 13.2 Å². The molecule has 78 valence electrons. The molecule has 14 heavy (non-hydrogen) atoms. The van der Waals surface area contributed by atoms with Gasteiger partial charge in [-0.3, -0.25) is 0 Å². The number of nitrogens with zero attached hydrogens (tertiary/aromatic N) is 1. The Morgan fingerprint density at radius 1 is 1.50 bits per heavy atom. The van der Waals surface area contributed by atoms with Crippen molar-refractivity contribution >= 4 is 0 Å². The van der Waals surface area contributed by atoms with Crippen LogP contribution in [0, 0.1) is 0 Å². The third kappa shape index (κ3) is 3.21. The quantitative estimate of drug-likeness (QED) is 0.805. The van der Waals surface area contributed by atoms with Gasteiger partial charge < -0.3 is 10.5 Å². The van der Waals surface area contributed by atoms with E-state index in [1.165, 1.54) is 12.3 Å². The molecule has 0 fully saturated rings. The van der Waals surface area contributed by atoms with E-state index in [-0.39, 0.29) is 6.04 Å². The number of hydrogen-bond donors (Lipinski definition) is 1. The molecule has 0 radical (unpaired) electrons. The van der Waals surface area contributed by atoms with E-state index in [1.807, 2.05) is 0 Å². The summed E-state index contributed by atoms with van der Waals surface area (Å²) >= 11 is 0. The van der Waals surface area contributed by atoms with Gasteiger partial charge in [0.05, 0.1) is 0 Å². The number of aromatic nitrogens is 1. The van der Waals surface area contributed by atoms with Crippen LogP contribution in [-0.2, 0) is 0 Å². The first-order valence-electron chi connectivity index (χ1n) is 3.86. The van der Waals surface area contributed by atoms with Crippen molar-refractivity contribution < 1.29 is 17.9 Å². The maximum absolute atomic E-state index is 11.8. The molecule has 1 atom stereocenters. The molecule has 0 spiro atoms. The minimum absolute atomic E-state index is 0.353. The molecule has 0 aliphatic heterocycles. The van der Waals surface area contributed by atoms with Crippen LogP contribution in [0.5, 0.6) is 5.88 Å². The van der Waals surface area contributed by atoms with Crippen molar-refractivity contribution in [2.45, 2.75) is 19.3 Å². The number of nitrogens with two attached hydrogens (primary N) is 1. The number of alkyl halides is 3. The van der Waals surface area contributed by atoms with E-state index in [0.717, 1.165) is 6.07 Å². The number of pyridine rings is 1. The van der Waals surface area contributed by atoms with Gasteiger partial charge in [-0.2, -0.15) is 0 Å². The fraction of sp³-hybridized carbons (Fsp3) is 0.375. The third-order valence-electron chi connectivity index (χ3n) is 1.50. The molecule has 0 aliphatic carbocycles. The third-order valence-corrected chi connectivity index (χ3v) is 1.50. The van der Waals surface area contributed by atoms with Gasteiger partial charge in [-0.25, -0.2) is 4.98 Å². The van der Waals surface area contributed by atoms with Gasteiger partial charge in [-0.15, -0.1) is 13.2 Å². The Morgan fingerprint density at radius 2 is 2.14 bits per heavy atom. The maximum atomic E-state index is 11.8. The summed E-state index contributed by atoms with van der Waals surface area (Å²) in [6, 6.07) is 2.35. The van der Waals surface area contributed by atoms with Crippen LogP contribution in [-0.4, -0.2) is 11.3 Å². The van der Waals surface area contributed by atoms with Gasteiger partial charge in [0.15, 0.2) is 0 Å². The Balaban J connectivity index is 2.84. The molecule has 0 amide bonds. The predicted molar refractivity (Wildman–Crippen MR) is 43.5 cm³/mol. The van der Waals surface area contributed by atoms with Gasteiger partial charge in [-0.05, 0) is 18.6 Å². The summed E-state index contributed by atoms with van der Waals surface area (Å²) in [6.07, 6.45) is -3.50. The summed E-state index contributed by atoms with van der Waals surface area (Å²) in [4.78, 5) is 3.41. The normalized spacial score (nSPS) is 13.8. The van der Waals surface area contributed by atoms with Crippen molar-refractivity contribution in [1.82, 2.24) is 4.98 Å². The number of hydrogen-bond acceptors (Lipinski definition) is 3. The predicted octanol–water partition coefficient (Wildman–Crippen LogP) is 2.00. The van der Waals surface area contributed by atoms with E-state index < -0.39 is 12.2 Å². The molecule has 1 aromatic heterocycles. The molecule has 3 nitrogen and oxygen atoms in total. The summed E-state index contributed by atoms with van der Waals surface area (Å²) in [5, 5.41) is 0. The number of halogens is 3. The number of ether oxygens (including phenoxy) is 1. The minimum Gasteiger partial charge on any atom is -0.388 e. The highest BCUT2D eigenvalue weighted by atomic mass is 19.4. The van der Waals surface area contributed by atoms with E-state index in [4.69, 9.17) is 5.73 Å². The lowest BCUT2D eigenvalue weighted by molar-refractivity contribution is -0.276. The first-order chi connectivity index (χ1) is 6.38. The molecular weight excluding hydrogens is 197 g/mol. The zero-order valence-electron chi connectivity index (χ0n) is 7.38. The molecule has 2 N–H and O–H groups in total. The molecule has 6 heteroatoms. The zero-order chi connectivity index (χ0) is 10.8. The smallest absolute Gasteiger partial charge is 0.388 e. The Labute approximate surface area is 78.7 Å². The minimum atomic E-state index is -4.72. The second-order valence-corrected chi connectivity index (χ2v) is 2.76.